The van der Waals surface area contributed by atoms with E-state index >= 15 is 0 Å². The quantitative estimate of drug-likeness (QED) is 0.935. The Balaban J connectivity index is 2.06. The number of fused-ring (bicyclic) bond motifs is 1. The normalized spacial score (nSPS) is 17.9. The molecular weight excluding hydrogens is 266 g/mol. The number of nitriles is 1. The summed E-state index contributed by atoms with van der Waals surface area (Å²) in [6.45, 7) is 0.748. The average Bonchev–Trinajstić information content (AvgIpc) is 2.93. The summed E-state index contributed by atoms with van der Waals surface area (Å²) in [6.07, 6.45) is 1.84. The van der Waals surface area contributed by atoms with Crippen molar-refractivity contribution < 1.29 is 9.90 Å². The lowest BCUT2D eigenvalue weighted by molar-refractivity contribution is -0.137. The van der Waals surface area contributed by atoms with Gasteiger partial charge in [-0.2, -0.15) is 5.26 Å². The van der Waals surface area contributed by atoms with E-state index in [1.165, 1.54) is 0 Å². The number of para-hydroxylation sites is 1. The number of carboxylic acids is 1. The smallest absolute Gasteiger partial charge is 0.305 e. The number of nitrogens with zero attached hydrogens (tertiary/aromatic N) is 3. The molecule has 1 fully saturated rings. The summed E-state index contributed by atoms with van der Waals surface area (Å²) in [6, 6.07) is 11.6. The summed E-state index contributed by atoms with van der Waals surface area (Å²) >= 11 is 0. The Hall–Kier alpha value is -2.61. The van der Waals surface area contributed by atoms with Crippen LogP contribution in [0.3, 0.4) is 0 Å². The van der Waals surface area contributed by atoms with Gasteiger partial charge in [-0.05, 0) is 25.0 Å². The number of hydrogen-bond acceptors (Lipinski definition) is 4. The SMILES string of the molecule is N#Cc1cc2ccccc2nc1N1CCCC1CC(=O)O. The predicted molar refractivity (Wildman–Crippen MR) is 79.1 cm³/mol. The van der Waals surface area contributed by atoms with Gasteiger partial charge in [0.1, 0.15) is 11.9 Å². The Kier molecular flexibility index (Phi) is 3.44. The van der Waals surface area contributed by atoms with E-state index in [0.29, 0.717) is 11.4 Å². The second kappa shape index (κ2) is 5.41. The standard InChI is InChI=1S/C16H15N3O2/c17-10-12-8-11-4-1-2-6-14(11)18-16(12)19-7-3-5-13(19)9-15(20)21/h1-2,4,6,8,13H,3,5,7,9H2,(H,20,21). The van der Waals surface area contributed by atoms with Crippen LogP contribution in [0.5, 0.6) is 0 Å². The highest BCUT2D eigenvalue weighted by molar-refractivity contribution is 5.83. The lowest BCUT2D eigenvalue weighted by Gasteiger charge is -2.25. The number of aliphatic carboxylic acids is 1. The maximum Gasteiger partial charge on any atom is 0.305 e. The van der Waals surface area contributed by atoms with Gasteiger partial charge in [0.2, 0.25) is 0 Å². The molecule has 5 heteroatoms. The van der Waals surface area contributed by atoms with Crippen LogP contribution in [0.15, 0.2) is 30.3 Å². The van der Waals surface area contributed by atoms with E-state index in [1.54, 1.807) is 0 Å². The number of carbonyl (C=O) groups is 1. The van der Waals surface area contributed by atoms with E-state index in [1.807, 2.05) is 35.2 Å². The van der Waals surface area contributed by atoms with Gasteiger partial charge in [0.05, 0.1) is 17.5 Å². The third-order valence-electron chi connectivity index (χ3n) is 3.88. The highest BCUT2D eigenvalue weighted by atomic mass is 16.4. The molecule has 0 aliphatic carbocycles. The summed E-state index contributed by atoms with van der Waals surface area (Å²) in [5, 5.41) is 19.3. The molecule has 0 amide bonds. The Morgan fingerprint density at radius 1 is 1.48 bits per heavy atom. The van der Waals surface area contributed by atoms with Gasteiger partial charge in [-0.15, -0.1) is 0 Å². The first-order chi connectivity index (χ1) is 10.2. The molecule has 2 aromatic rings. The van der Waals surface area contributed by atoms with Crippen molar-refractivity contribution in [1.82, 2.24) is 4.98 Å². The molecule has 3 rings (SSSR count). The fourth-order valence-corrected chi connectivity index (χ4v) is 2.94. The van der Waals surface area contributed by atoms with Crippen molar-refractivity contribution >= 4 is 22.7 Å². The summed E-state index contributed by atoms with van der Waals surface area (Å²) in [5.41, 5.74) is 1.33. The van der Waals surface area contributed by atoms with E-state index in [0.717, 1.165) is 30.3 Å². The number of anilines is 1. The number of rotatable bonds is 3. The fraction of sp³-hybridized carbons (Fsp3) is 0.312. The lowest BCUT2D eigenvalue weighted by Crippen LogP contribution is -2.32. The molecule has 1 N–H and O–H groups in total. The molecule has 21 heavy (non-hydrogen) atoms. The van der Waals surface area contributed by atoms with Crippen LogP contribution in [0, 0.1) is 11.3 Å². The van der Waals surface area contributed by atoms with Crippen molar-refractivity contribution in [2.75, 3.05) is 11.4 Å². The zero-order chi connectivity index (χ0) is 14.8. The molecule has 0 bridgehead atoms. The second-order valence-electron chi connectivity index (χ2n) is 5.25. The molecular formula is C16H15N3O2. The Labute approximate surface area is 122 Å². The summed E-state index contributed by atoms with van der Waals surface area (Å²) in [4.78, 5) is 17.6. The molecule has 2 heterocycles. The molecule has 1 aromatic carbocycles. The van der Waals surface area contributed by atoms with Gasteiger partial charge < -0.3 is 10.0 Å². The van der Waals surface area contributed by atoms with Crippen LogP contribution in [-0.2, 0) is 4.79 Å². The van der Waals surface area contributed by atoms with E-state index in [-0.39, 0.29) is 12.5 Å². The number of pyridine rings is 1. The van der Waals surface area contributed by atoms with Crippen molar-refractivity contribution in [2.45, 2.75) is 25.3 Å². The van der Waals surface area contributed by atoms with E-state index in [9.17, 15) is 10.1 Å². The minimum Gasteiger partial charge on any atom is -0.481 e. The molecule has 0 saturated carbocycles. The van der Waals surface area contributed by atoms with Crippen LogP contribution in [0.4, 0.5) is 5.82 Å². The highest BCUT2D eigenvalue weighted by Gasteiger charge is 2.29. The fourth-order valence-electron chi connectivity index (χ4n) is 2.94. The van der Waals surface area contributed by atoms with Gasteiger partial charge in [-0.3, -0.25) is 4.79 Å². The maximum atomic E-state index is 11.0. The highest BCUT2D eigenvalue weighted by Crippen LogP contribution is 2.30. The third-order valence-corrected chi connectivity index (χ3v) is 3.88. The van der Waals surface area contributed by atoms with Crippen molar-refractivity contribution in [2.24, 2.45) is 0 Å². The van der Waals surface area contributed by atoms with Crippen molar-refractivity contribution in [3.05, 3.63) is 35.9 Å². The third kappa shape index (κ3) is 2.52. The van der Waals surface area contributed by atoms with Crippen LogP contribution in [0.2, 0.25) is 0 Å². The molecule has 106 valence electrons. The molecule has 1 aromatic heterocycles. The van der Waals surface area contributed by atoms with Gasteiger partial charge in [0.15, 0.2) is 0 Å². The number of benzene rings is 1. The first kappa shape index (κ1) is 13.4. The van der Waals surface area contributed by atoms with Crippen LogP contribution >= 0.6 is 0 Å². The number of carboxylic acid groups (broad SMARTS) is 1. The molecule has 1 aliphatic rings. The minimum absolute atomic E-state index is 0.0803. The van der Waals surface area contributed by atoms with Crippen LogP contribution in [0.25, 0.3) is 10.9 Å². The first-order valence-electron chi connectivity index (χ1n) is 6.97. The van der Waals surface area contributed by atoms with E-state index in [4.69, 9.17) is 5.11 Å². The maximum absolute atomic E-state index is 11.0. The molecule has 1 aliphatic heterocycles. The summed E-state index contributed by atoms with van der Waals surface area (Å²) < 4.78 is 0. The topological polar surface area (TPSA) is 77.2 Å². The lowest BCUT2D eigenvalue weighted by atomic mass is 10.1. The summed E-state index contributed by atoms with van der Waals surface area (Å²) in [7, 11) is 0. The largest absolute Gasteiger partial charge is 0.481 e. The van der Waals surface area contributed by atoms with Crippen LogP contribution < -0.4 is 4.90 Å². The Morgan fingerprint density at radius 3 is 3.05 bits per heavy atom. The Morgan fingerprint density at radius 2 is 2.29 bits per heavy atom. The molecule has 1 unspecified atom stereocenters. The van der Waals surface area contributed by atoms with Crippen molar-refractivity contribution in [3.8, 4) is 6.07 Å². The van der Waals surface area contributed by atoms with Crippen molar-refractivity contribution in [1.29, 1.82) is 5.26 Å². The Bertz CT molecular complexity index is 736. The van der Waals surface area contributed by atoms with Crippen LogP contribution in [0.1, 0.15) is 24.8 Å². The van der Waals surface area contributed by atoms with Gasteiger partial charge in [0.25, 0.3) is 0 Å². The zero-order valence-electron chi connectivity index (χ0n) is 11.5. The molecule has 1 saturated heterocycles. The van der Waals surface area contributed by atoms with Gasteiger partial charge in [0, 0.05) is 18.0 Å². The molecule has 1 atom stereocenters. The van der Waals surface area contributed by atoms with Gasteiger partial charge in [-0.1, -0.05) is 18.2 Å². The van der Waals surface area contributed by atoms with Gasteiger partial charge in [-0.25, -0.2) is 4.98 Å². The second-order valence-corrected chi connectivity index (χ2v) is 5.25. The van der Waals surface area contributed by atoms with Gasteiger partial charge >= 0.3 is 5.97 Å². The zero-order valence-corrected chi connectivity index (χ0v) is 11.5. The molecule has 0 radical (unpaired) electrons. The first-order valence-corrected chi connectivity index (χ1v) is 6.97. The summed E-state index contributed by atoms with van der Waals surface area (Å²) in [5.74, 6) is -0.203. The molecule has 0 spiro atoms. The van der Waals surface area contributed by atoms with E-state index < -0.39 is 5.97 Å². The monoisotopic (exact) mass is 281 g/mol. The number of hydrogen-bond donors (Lipinski definition) is 1. The average molecular weight is 281 g/mol. The molecule has 5 nitrogen and oxygen atoms in total. The predicted octanol–water partition coefficient (Wildman–Crippen LogP) is 2.55. The van der Waals surface area contributed by atoms with E-state index in [2.05, 4.69) is 11.1 Å². The minimum atomic E-state index is -0.814. The van der Waals surface area contributed by atoms with Crippen LogP contribution in [-0.4, -0.2) is 28.6 Å². The van der Waals surface area contributed by atoms with Crippen molar-refractivity contribution in [3.63, 3.8) is 0 Å². The number of aromatic nitrogens is 1.